The maximum atomic E-state index is 11.5. The molecule has 0 aromatic carbocycles. The molecule has 1 fully saturated rings. The highest BCUT2D eigenvalue weighted by Gasteiger charge is 2.29. The van der Waals surface area contributed by atoms with Crippen molar-refractivity contribution in [3.63, 3.8) is 0 Å². The van der Waals surface area contributed by atoms with E-state index in [4.69, 9.17) is 5.11 Å². The number of hydrogen-bond donors (Lipinski definition) is 2. The van der Waals surface area contributed by atoms with Crippen LogP contribution >= 0.6 is 0 Å². The minimum absolute atomic E-state index is 0.0544. The first kappa shape index (κ1) is 13.4. The largest absolute Gasteiger partial charge is 0.394 e. The summed E-state index contributed by atoms with van der Waals surface area (Å²) in [5, 5.41) is 11.6. The fraction of sp³-hybridized carbons (Fsp3) is 0.900. The minimum Gasteiger partial charge on any atom is -0.394 e. The highest BCUT2D eigenvalue weighted by Crippen LogP contribution is 2.21. The lowest BCUT2D eigenvalue weighted by molar-refractivity contribution is -0.122. The first-order chi connectivity index (χ1) is 7.46. The van der Waals surface area contributed by atoms with Gasteiger partial charge in [0.1, 0.15) is 0 Å². The van der Waals surface area contributed by atoms with Gasteiger partial charge in [0.25, 0.3) is 0 Å². The van der Waals surface area contributed by atoms with Crippen LogP contribution in [0.5, 0.6) is 0 Å². The number of aliphatic hydroxyl groups is 1. The standard InChI is InChI=1S/C10H19NO4S/c1-2-9(6-12)11-10(13)5-8-3-4-16(14,15)7-8/h8-9,12H,2-7H2,1H3,(H,11,13). The molecular formula is C10H19NO4S. The number of carbonyl (C=O) groups excluding carboxylic acids is 1. The van der Waals surface area contributed by atoms with Crippen LogP contribution in [0.25, 0.3) is 0 Å². The first-order valence-electron chi connectivity index (χ1n) is 5.57. The average Bonchev–Trinajstić information content (AvgIpc) is 2.54. The van der Waals surface area contributed by atoms with Gasteiger partial charge in [-0.1, -0.05) is 6.92 Å². The summed E-state index contributed by atoms with van der Waals surface area (Å²) in [6.07, 6.45) is 1.49. The van der Waals surface area contributed by atoms with Crippen LogP contribution in [0.3, 0.4) is 0 Å². The van der Waals surface area contributed by atoms with Crippen LogP contribution in [-0.2, 0) is 14.6 Å². The van der Waals surface area contributed by atoms with Crippen molar-refractivity contribution in [2.75, 3.05) is 18.1 Å². The topological polar surface area (TPSA) is 83.5 Å². The van der Waals surface area contributed by atoms with E-state index >= 15 is 0 Å². The van der Waals surface area contributed by atoms with Gasteiger partial charge < -0.3 is 10.4 Å². The molecule has 5 nitrogen and oxygen atoms in total. The van der Waals surface area contributed by atoms with E-state index in [1.54, 1.807) is 0 Å². The van der Waals surface area contributed by atoms with Crippen molar-refractivity contribution in [2.45, 2.75) is 32.2 Å². The normalized spacial score (nSPS) is 25.2. The van der Waals surface area contributed by atoms with Crippen LogP contribution in [0.4, 0.5) is 0 Å². The number of sulfone groups is 1. The Morgan fingerprint density at radius 1 is 1.56 bits per heavy atom. The van der Waals surface area contributed by atoms with E-state index in [0.29, 0.717) is 12.8 Å². The molecule has 1 aliphatic rings. The summed E-state index contributed by atoms with van der Waals surface area (Å²) in [6.45, 7) is 1.80. The molecule has 94 valence electrons. The van der Waals surface area contributed by atoms with Crippen molar-refractivity contribution in [2.24, 2.45) is 5.92 Å². The predicted octanol–water partition coefficient (Wildman–Crippen LogP) is -0.302. The lowest BCUT2D eigenvalue weighted by Crippen LogP contribution is -2.37. The van der Waals surface area contributed by atoms with Gasteiger partial charge in [-0.3, -0.25) is 4.79 Å². The van der Waals surface area contributed by atoms with E-state index < -0.39 is 9.84 Å². The molecule has 0 aromatic rings. The zero-order valence-corrected chi connectivity index (χ0v) is 10.3. The Bertz CT molecular complexity index is 335. The molecule has 1 heterocycles. The van der Waals surface area contributed by atoms with Gasteiger partial charge in [-0.05, 0) is 18.8 Å². The Kier molecular flexibility index (Phi) is 4.73. The van der Waals surface area contributed by atoms with Gasteiger partial charge in [-0.2, -0.15) is 0 Å². The molecule has 2 unspecified atom stereocenters. The summed E-state index contributed by atoms with van der Waals surface area (Å²) >= 11 is 0. The maximum absolute atomic E-state index is 11.5. The monoisotopic (exact) mass is 249 g/mol. The number of amides is 1. The van der Waals surface area contributed by atoms with Crippen LogP contribution in [0.1, 0.15) is 26.2 Å². The lowest BCUT2D eigenvalue weighted by Gasteiger charge is -2.15. The molecular weight excluding hydrogens is 230 g/mol. The molecule has 2 atom stereocenters. The molecule has 0 spiro atoms. The molecule has 1 saturated heterocycles. The van der Waals surface area contributed by atoms with Crippen molar-refractivity contribution in [3.05, 3.63) is 0 Å². The van der Waals surface area contributed by atoms with Crippen LogP contribution in [-0.4, -0.2) is 43.6 Å². The van der Waals surface area contributed by atoms with Crippen molar-refractivity contribution in [3.8, 4) is 0 Å². The summed E-state index contributed by atoms with van der Waals surface area (Å²) in [6, 6.07) is -0.217. The van der Waals surface area contributed by atoms with Gasteiger partial charge in [0.15, 0.2) is 9.84 Å². The van der Waals surface area contributed by atoms with Crippen LogP contribution in [0, 0.1) is 5.92 Å². The van der Waals surface area contributed by atoms with E-state index in [1.807, 2.05) is 6.92 Å². The lowest BCUT2D eigenvalue weighted by atomic mass is 10.0. The molecule has 1 amide bonds. The molecule has 1 rings (SSSR count). The zero-order valence-electron chi connectivity index (χ0n) is 9.48. The molecule has 0 saturated carbocycles. The smallest absolute Gasteiger partial charge is 0.220 e. The third-order valence-corrected chi connectivity index (χ3v) is 4.72. The number of hydrogen-bond acceptors (Lipinski definition) is 4. The Balaban J connectivity index is 2.35. The van der Waals surface area contributed by atoms with E-state index in [1.165, 1.54) is 0 Å². The molecule has 0 aliphatic carbocycles. The second-order valence-electron chi connectivity index (χ2n) is 4.33. The van der Waals surface area contributed by atoms with Crippen molar-refractivity contribution < 1.29 is 18.3 Å². The molecule has 0 aromatic heterocycles. The summed E-state index contributed by atoms with van der Waals surface area (Å²) in [5.74, 6) is 0.0996. The SMILES string of the molecule is CCC(CO)NC(=O)CC1CCS(=O)(=O)C1. The Hall–Kier alpha value is -0.620. The van der Waals surface area contributed by atoms with E-state index in [-0.39, 0.29) is 42.4 Å². The average molecular weight is 249 g/mol. The summed E-state index contributed by atoms with van der Waals surface area (Å²) in [5.41, 5.74) is 0. The molecule has 6 heteroatoms. The van der Waals surface area contributed by atoms with E-state index in [2.05, 4.69) is 5.32 Å². The van der Waals surface area contributed by atoms with Gasteiger partial charge in [-0.25, -0.2) is 8.42 Å². The molecule has 1 aliphatic heterocycles. The zero-order chi connectivity index (χ0) is 12.2. The number of carbonyl (C=O) groups is 1. The van der Waals surface area contributed by atoms with Gasteiger partial charge in [0.05, 0.1) is 24.2 Å². The molecule has 0 radical (unpaired) electrons. The van der Waals surface area contributed by atoms with Crippen LogP contribution in [0.15, 0.2) is 0 Å². The number of nitrogens with one attached hydrogen (secondary N) is 1. The second-order valence-corrected chi connectivity index (χ2v) is 6.56. The van der Waals surface area contributed by atoms with E-state index in [9.17, 15) is 13.2 Å². The van der Waals surface area contributed by atoms with Crippen molar-refractivity contribution in [1.29, 1.82) is 0 Å². The maximum Gasteiger partial charge on any atom is 0.220 e. The summed E-state index contributed by atoms with van der Waals surface area (Å²) in [4.78, 5) is 11.5. The Morgan fingerprint density at radius 2 is 2.25 bits per heavy atom. The quantitative estimate of drug-likeness (QED) is 0.700. The number of aliphatic hydroxyl groups excluding tert-OH is 1. The Labute approximate surface area is 96.1 Å². The molecule has 2 N–H and O–H groups in total. The summed E-state index contributed by atoms with van der Waals surface area (Å²) in [7, 11) is -2.91. The second kappa shape index (κ2) is 5.63. The van der Waals surface area contributed by atoms with Gasteiger partial charge >= 0.3 is 0 Å². The first-order valence-corrected chi connectivity index (χ1v) is 7.39. The fourth-order valence-electron chi connectivity index (χ4n) is 1.86. The highest BCUT2D eigenvalue weighted by molar-refractivity contribution is 7.91. The van der Waals surface area contributed by atoms with Crippen LogP contribution < -0.4 is 5.32 Å². The third kappa shape index (κ3) is 4.09. The minimum atomic E-state index is -2.91. The molecule has 16 heavy (non-hydrogen) atoms. The van der Waals surface area contributed by atoms with Crippen molar-refractivity contribution >= 4 is 15.7 Å². The fourth-order valence-corrected chi connectivity index (χ4v) is 3.72. The van der Waals surface area contributed by atoms with E-state index in [0.717, 1.165) is 0 Å². The van der Waals surface area contributed by atoms with Gasteiger partial charge in [0, 0.05) is 6.42 Å². The number of rotatable bonds is 5. The van der Waals surface area contributed by atoms with Gasteiger partial charge in [0.2, 0.25) is 5.91 Å². The van der Waals surface area contributed by atoms with Gasteiger partial charge in [-0.15, -0.1) is 0 Å². The van der Waals surface area contributed by atoms with Crippen LogP contribution in [0.2, 0.25) is 0 Å². The predicted molar refractivity (Wildman–Crippen MR) is 60.7 cm³/mol. The third-order valence-electron chi connectivity index (χ3n) is 2.88. The highest BCUT2D eigenvalue weighted by atomic mass is 32.2. The Morgan fingerprint density at radius 3 is 2.69 bits per heavy atom. The van der Waals surface area contributed by atoms with Crippen molar-refractivity contribution in [1.82, 2.24) is 5.32 Å². The summed E-state index contributed by atoms with van der Waals surface area (Å²) < 4.78 is 22.4. The molecule has 0 bridgehead atoms.